The molecule has 0 aliphatic carbocycles. The Morgan fingerprint density at radius 2 is 1.67 bits per heavy atom. The maximum Gasteiger partial charge on any atom is -0.00256 e. The van der Waals surface area contributed by atoms with Crippen molar-refractivity contribution in [2.24, 2.45) is 16.6 Å². The molecule has 72 valence electrons. The Morgan fingerprint density at radius 1 is 1.17 bits per heavy atom. The molecule has 1 nitrogen and oxygen atoms in total. The Hall–Kier alpha value is -0.300. The van der Waals surface area contributed by atoms with Gasteiger partial charge in [0.25, 0.3) is 0 Å². The lowest BCUT2D eigenvalue weighted by Gasteiger charge is -2.33. The molecule has 1 heteroatoms. The van der Waals surface area contributed by atoms with Crippen LogP contribution >= 0.6 is 0 Å². The zero-order valence-corrected chi connectivity index (χ0v) is 8.98. The Kier molecular flexibility index (Phi) is 3.98. The molecule has 0 aromatic rings. The van der Waals surface area contributed by atoms with E-state index in [4.69, 9.17) is 5.73 Å². The van der Waals surface area contributed by atoms with Gasteiger partial charge in [-0.05, 0) is 30.2 Å². The van der Waals surface area contributed by atoms with E-state index in [0.717, 1.165) is 19.4 Å². The summed E-state index contributed by atoms with van der Waals surface area (Å²) in [5.41, 5.74) is 6.28. The number of hydrogen-bond acceptors (Lipinski definition) is 1. The average Bonchev–Trinajstić information content (AvgIpc) is 1.85. The zero-order valence-electron chi connectivity index (χ0n) is 8.98. The number of allylic oxidation sites excluding steroid dienone is 1. The molecule has 0 aromatic carbocycles. The molecule has 0 radical (unpaired) electrons. The highest BCUT2D eigenvalue weighted by atomic mass is 14.6. The van der Waals surface area contributed by atoms with Gasteiger partial charge in [0.2, 0.25) is 0 Å². The molecule has 0 atom stereocenters. The van der Waals surface area contributed by atoms with Crippen molar-refractivity contribution in [2.75, 3.05) is 6.54 Å². The van der Waals surface area contributed by atoms with Gasteiger partial charge in [-0.3, -0.25) is 0 Å². The fourth-order valence-electron chi connectivity index (χ4n) is 1.83. The standard InChI is InChI=1S/C11H23N/c1-6-7-10(2,3)8-11(4,5)9-12/h6H,1,7-9,12H2,2-5H3. The fourth-order valence-corrected chi connectivity index (χ4v) is 1.83. The summed E-state index contributed by atoms with van der Waals surface area (Å²) in [6.07, 6.45) is 4.21. The summed E-state index contributed by atoms with van der Waals surface area (Å²) in [5, 5.41) is 0. The predicted molar refractivity (Wildman–Crippen MR) is 56.0 cm³/mol. The van der Waals surface area contributed by atoms with Gasteiger partial charge in [0.1, 0.15) is 0 Å². The van der Waals surface area contributed by atoms with Crippen LogP contribution in [0.15, 0.2) is 12.7 Å². The van der Waals surface area contributed by atoms with Crippen molar-refractivity contribution < 1.29 is 0 Å². The van der Waals surface area contributed by atoms with E-state index in [9.17, 15) is 0 Å². The first-order valence-electron chi connectivity index (χ1n) is 4.64. The molecule has 0 bridgehead atoms. The van der Waals surface area contributed by atoms with Crippen LogP contribution in [0.5, 0.6) is 0 Å². The Bertz CT molecular complexity index is 145. The van der Waals surface area contributed by atoms with Crippen LogP contribution in [0.1, 0.15) is 40.5 Å². The normalized spacial score (nSPS) is 13.1. The van der Waals surface area contributed by atoms with Gasteiger partial charge in [0, 0.05) is 0 Å². The Morgan fingerprint density at radius 3 is 2.00 bits per heavy atom. The molecule has 0 saturated heterocycles. The first kappa shape index (κ1) is 11.7. The van der Waals surface area contributed by atoms with Crippen molar-refractivity contribution >= 4 is 0 Å². The molecule has 0 heterocycles. The summed E-state index contributed by atoms with van der Waals surface area (Å²) < 4.78 is 0. The van der Waals surface area contributed by atoms with Gasteiger partial charge in [-0.15, -0.1) is 6.58 Å². The van der Waals surface area contributed by atoms with E-state index in [1.54, 1.807) is 0 Å². The highest BCUT2D eigenvalue weighted by Crippen LogP contribution is 2.35. The lowest BCUT2D eigenvalue weighted by Crippen LogP contribution is -2.29. The molecule has 0 aromatic heterocycles. The topological polar surface area (TPSA) is 26.0 Å². The van der Waals surface area contributed by atoms with Crippen LogP contribution in [0.2, 0.25) is 0 Å². The van der Waals surface area contributed by atoms with Crippen LogP contribution in [-0.4, -0.2) is 6.54 Å². The Labute approximate surface area is 77.0 Å². The van der Waals surface area contributed by atoms with Gasteiger partial charge in [0.15, 0.2) is 0 Å². The van der Waals surface area contributed by atoms with Gasteiger partial charge in [-0.1, -0.05) is 33.8 Å². The average molecular weight is 169 g/mol. The van der Waals surface area contributed by atoms with E-state index in [2.05, 4.69) is 34.3 Å². The summed E-state index contributed by atoms with van der Waals surface area (Å²) in [6.45, 7) is 13.5. The van der Waals surface area contributed by atoms with Gasteiger partial charge < -0.3 is 5.73 Å². The third kappa shape index (κ3) is 4.55. The van der Waals surface area contributed by atoms with E-state index in [-0.39, 0.29) is 5.41 Å². The summed E-state index contributed by atoms with van der Waals surface area (Å²) in [5.74, 6) is 0. The summed E-state index contributed by atoms with van der Waals surface area (Å²) in [4.78, 5) is 0. The van der Waals surface area contributed by atoms with Gasteiger partial charge in [0.05, 0.1) is 0 Å². The van der Waals surface area contributed by atoms with Gasteiger partial charge >= 0.3 is 0 Å². The zero-order chi connectivity index (χ0) is 9.83. The van der Waals surface area contributed by atoms with Gasteiger partial charge in [-0.25, -0.2) is 0 Å². The molecule has 2 N–H and O–H groups in total. The molecule has 0 aliphatic heterocycles. The maximum atomic E-state index is 5.68. The number of hydrogen-bond donors (Lipinski definition) is 1. The van der Waals surface area contributed by atoms with Crippen molar-refractivity contribution in [1.29, 1.82) is 0 Å². The van der Waals surface area contributed by atoms with Crippen molar-refractivity contribution in [1.82, 2.24) is 0 Å². The van der Waals surface area contributed by atoms with E-state index in [1.807, 2.05) is 6.08 Å². The third-order valence-corrected chi connectivity index (χ3v) is 2.21. The molecular weight excluding hydrogens is 146 g/mol. The molecule has 0 saturated carbocycles. The molecule has 0 amide bonds. The van der Waals surface area contributed by atoms with Crippen molar-refractivity contribution in [2.45, 2.75) is 40.5 Å². The quantitative estimate of drug-likeness (QED) is 0.629. The highest BCUT2D eigenvalue weighted by Gasteiger charge is 2.26. The van der Waals surface area contributed by atoms with E-state index < -0.39 is 0 Å². The SMILES string of the molecule is C=CCC(C)(C)CC(C)(C)CN. The van der Waals surface area contributed by atoms with Crippen LogP contribution in [0, 0.1) is 10.8 Å². The Balaban J connectivity index is 4.12. The molecule has 12 heavy (non-hydrogen) atoms. The maximum absolute atomic E-state index is 5.68. The fraction of sp³-hybridized carbons (Fsp3) is 0.818. The number of nitrogens with two attached hydrogens (primary N) is 1. The molecular formula is C11H23N. The minimum atomic E-state index is 0.256. The van der Waals surface area contributed by atoms with Crippen molar-refractivity contribution in [3.8, 4) is 0 Å². The first-order valence-corrected chi connectivity index (χ1v) is 4.64. The van der Waals surface area contributed by atoms with Crippen LogP contribution in [0.3, 0.4) is 0 Å². The predicted octanol–water partition coefficient (Wildman–Crippen LogP) is 2.96. The summed E-state index contributed by atoms with van der Waals surface area (Å²) in [6, 6.07) is 0. The molecule has 0 unspecified atom stereocenters. The van der Waals surface area contributed by atoms with Crippen LogP contribution < -0.4 is 5.73 Å². The summed E-state index contributed by atoms with van der Waals surface area (Å²) in [7, 11) is 0. The molecule has 0 fully saturated rings. The lowest BCUT2D eigenvalue weighted by molar-refractivity contribution is 0.203. The van der Waals surface area contributed by atoms with Crippen LogP contribution in [0.4, 0.5) is 0 Å². The summed E-state index contributed by atoms with van der Waals surface area (Å²) >= 11 is 0. The lowest BCUT2D eigenvalue weighted by atomic mass is 9.73. The molecule has 0 aliphatic rings. The van der Waals surface area contributed by atoms with E-state index in [1.165, 1.54) is 0 Å². The van der Waals surface area contributed by atoms with Crippen LogP contribution in [0.25, 0.3) is 0 Å². The second-order valence-electron chi connectivity index (χ2n) is 5.20. The smallest absolute Gasteiger partial charge is 0.00256 e. The van der Waals surface area contributed by atoms with Crippen LogP contribution in [-0.2, 0) is 0 Å². The highest BCUT2D eigenvalue weighted by molar-refractivity contribution is 4.85. The van der Waals surface area contributed by atoms with Crippen molar-refractivity contribution in [3.63, 3.8) is 0 Å². The first-order chi connectivity index (χ1) is 5.33. The monoisotopic (exact) mass is 169 g/mol. The third-order valence-electron chi connectivity index (χ3n) is 2.21. The minimum Gasteiger partial charge on any atom is -0.330 e. The molecule has 0 rings (SSSR count). The van der Waals surface area contributed by atoms with Gasteiger partial charge in [-0.2, -0.15) is 0 Å². The van der Waals surface area contributed by atoms with E-state index in [0.29, 0.717) is 5.41 Å². The minimum absolute atomic E-state index is 0.256. The second-order valence-corrected chi connectivity index (χ2v) is 5.20. The van der Waals surface area contributed by atoms with Crippen molar-refractivity contribution in [3.05, 3.63) is 12.7 Å². The largest absolute Gasteiger partial charge is 0.330 e. The number of rotatable bonds is 5. The molecule has 0 spiro atoms. The van der Waals surface area contributed by atoms with E-state index >= 15 is 0 Å². The second kappa shape index (κ2) is 4.08.